The molecule has 4 rings (SSSR count). The molecule has 0 bridgehead atoms. The van der Waals surface area contributed by atoms with Crippen LogP contribution in [0.5, 0.6) is 5.75 Å². The molecule has 36 heavy (non-hydrogen) atoms. The lowest BCUT2D eigenvalue weighted by atomic mass is 9.95. The van der Waals surface area contributed by atoms with Gasteiger partial charge in [-0.05, 0) is 58.5 Å². The summed E-state index contributed by atoms with van der Waals surface area (Å²) in [6.45, 7) is 2.56. The zero-order chi connectivity index (χ0) is 25.2. The van der Waals surface area contributed by atoms with E-state index in [2.05, 4.69) is 54.6 Å². The van der Waals surface area contributed by atoms with Crippen molar-refractivity contribution in [1.82, 2.24) is 0 Å². The Morgan fingerprint density at radius 1 is 0.778 bits per heavy atom. The van der Waals surface area contributed by atoms with Crippen molar-refractivity contribution < 1.29 is 19.4 Å². The molecule has 0 fully saturated rings. The first-order valence-corrected chi connectivity index (χ1v) is 12.1. The minimum Gasteiger partial charge on any atom is -0.490 e. The van der Waals surface area contributed by atoms with E-state index in [4.69, 9.17) is 9.47 Å². The number of rotatable bonds is 11. The molecule has 182 valence electrons. The quantitative estimate of drug-likeness (QED) is 0.255. The standard InChI is InChI=1S/C32H30O4/c1-2-35-31(32(33)34)23-24-13-19-29(20-14-24)36-22-21-30(27-11-7-4-8-12-27)28-17-15-26(16-18-28)25-9-5-3-6-10-25/h3-21,31H,2,22-23H2,1H3,(H,33,34)/t31-/m0/s1. The van der Waals surface area contributed by atoms with Crippen LogP contribution in [0.1, 0.15) is 23.6 Å². The minimum absolute atomic E-state index is 0.320. The van der Waals surface area contributed by atoms with Crippen LogP contribution in [0.2, 0.25) is 0 Å². The Morgan fingerprint density at radius 2 is 1.36 bits per heavy atom. The molecule has 1 atom stereocenters. The highest BCUT2D eigenvalue weighted by Crippen LogP contribution is 2.27. The van der Waals surface area contributed by atoms with Crippen molar-refractivity contribution >= 4 is 11.5 Å². The third-order valence-electron chi connectivity index (χ3n) is 5.91. The number of ether oxygens (including phenoxy) is 2. The molecule has 0 aliphatic rings. The molecule has 0 saturated carbocycles. The molecule has 0 amide bonds. The fourth-order valence-electron chi connectivity index (χ4n) is 4.07. The van der Waals surface area contributed by atoms with Gasteiger partial charge in [-0.2, -0.15) is 0 Å². The number of carboxylic acids is 1. The Morgan fingerprint density at radius 3 is 1.97 bits per heavy atom. The van der Waals surface area contributed by atoms with Crippen LogP contribution >= 0.6 is 0 Å². The molecule has 1 N–H and O–H groups in total. The molecule has 0 radical (unpaired) electrons. The van der Waals surface area contributed by atoms with E-state index in [1.54, 1.807) is 6.92 Å². The van der Waals surface area contributed by atoms with Gasteiger partial charge in [-0.25, -0.2) is 4.79 Å². The van der Waals surface area contributed by atoms with E-state index < -0.39 is 12.1 Å². The minimum atomic E-state index is -0.951. The Labute approximate surface area is 212 Å². The lowest BCUT2D eigenvalue weighted by molar-refractivity contribution is -0.149. The van der Waals surface area contributed by atoms with Gasteiger partial charge in [0.15, 0.2) is 6.10 Å². The second-order valence-corrected chi connectivity index (χ2v) is 8.37. The first-order chi connectivity index (χ1) is 17.6. The van der Waals surface area contributed by atoms with Gasteiger partial charge >= 0.3 is 5.97 Å². The van der Waals surface area contributed by atoms with Gasteiger partial charge in [0.1, 0.15) is 12.4 Å². The fourth-order valence-corrected chi connectivity index (χ4v) is 4.07. The monoisotopic (exact) mass is 478 g/mol. The molecule has 0 aliphatic heterocycles. The summed E-state index contributed by atoms with van der Waals surface area (Å²) in [5.74, 6) is -0.224. The van der Waals surface area contributed by atoms with E-state index >= 15 is 0 Å². The molecule has 4 heteroatoms. The van der Waals surface area contributed by atoms with Crippen molar-refractivity contribution in [2.24, 2.45) is 0 Å². The third-order valence-corrected chi connectivity index (χ3v) is 5.91. The van der Waals surface area contributed by atoms with E-state index in [1.807, 2.05) is 60.7 Å². The van der Waals surface area contributed by atoms with Crippen LogP contribution in [0.25, 0.3) is 16.7 Å². The maximum atomic E-state index is 11.3. The number of benzene rings is 4. The summed E-state index contributed by atoms with van der Waals surface area (Å²) in [6.07, 6.45) is 1.57. The van der Waals surface area contributed by atoms with Gasteiger partial charge in [0.05, 0.1) is 0 Å². The van der Waals surface area contributed by atoms with Crippen LogP contribution in [0, 0.1) is 0 Å². The van der Waals surface area contributed by atoms with E-state index in [1.165, 1.54) is 11.1 Å². The zero-order valence-corrected chi connectivity index (χ0v) is 20.3. The van der Waals surface area contributed by atoms with Crippen molar-refractivity contribution in [1.29, 1.82) is 0 Å². The summed E-state index contributed by atoms with van der Waals surface area (Å²) in [6, 6.07) is 36.7. The van der Waals surface area contributed by atoms with Crippen LogP contribution in [0.15, 0.2) is 115 Å². The molecule has 4 aromatic rings. The van der Waals surface area contributed by atoms with Crippen LogP contribution in [-0.2, 0) is 16.0 Å². The Balaban J connectivity index is 1.47. The predicted octanol–water partition coefficient (Wildman–Crippen LogP) is 6.90. The normalized spacial score (nSPS) is 12.2. The molecular formula is C32H30O4. The van der Waals surface area contributed by atoms with Gasteiger partial charge in [0.2, 0.25) is 0 Å². The van der Waals surface area contributed by atoms with Crippen LogP contribution in [0.4, 0.5) is 0 Å². The summed E-state index contributed by atoms with van der Waals surface area (Å²) in [5.41, 5.74) is 6.61. The summed E-state index contributed by atoms with van der Waals surface area (Å²) in [7, 11) is 0. The number of carbonyl (C=O) groups is 1. The molecule has 0 spiro atoms. The predicted molar refractivity (Wildman–Crippen MR) is 144 cm³/mol. The highest BCUT2D eigenvalue weighted by atomic mass is 16.5. The average molecular weight is 479 g/mol. The number of carboxylic acid groups (broad SMARTS) is 1. The molecular weight excluding hydrogens is 448 g/mol. The van der Waals surface area contributed by atoms with E-state index in [-0.39, 0.29) is 0 Å². The third kappa shape index (κ3) is 6.71. The molecule has 4 nitrogen and oxygen atoms in total. The number of aliphatic carboxylic acids is 1. The maximum Gasteiger partial charge on any atom is 0.333 e. The van der Waals surface area contributed by atoms with E-state index in [0.29, 0.717) is 19.6 Å². The summed E-state index contributed by atoms with van der Waals surface area (Å²) in [5, 5.41) is 9.29. The van der Waals surface area contributed by atoms with E-state index in [0.717, 1.165) is 28.0 Å². The van der Waals surface area contributed by atoms with Gasteiger partial charge in [-0.3, -0.25) is 0 Å². The van der Waals surface area contributed by atoms with Gasteiger partial charge in [-0.15, -0.1) is 0 Å². The van der Waals surface area contributed by atoms with Crippen molar-refractivity contribution in [2.45, 2.75) is 19.4 Å². The van der Waals surface area contributed by atoms with Crippen LogP contribution < -0.4 is 4.74 Å². The van der Waals surface area contributed by atoms with Crippen molar-refractivity contribution in [3.8, 4) is 16.9 Å². The number of hydrogen-bond acceptors (Lipinski definition) is 3. The zero-order valence-electron chi connectivity index (χ0n) is 20.3. The van der Waals surface area contributed by atoms with Crippen molar-refractivity contribution in [3.63, 3.8) is 0 Å². The second kappa shape index (κ2) is 12.5. The number of hydrogen-bond donors (Lipinski definition) is 1. The second-order valence-electron chi connectivity index (χ2n) is 8.37. The molecule has 0 aliphatic carbocycles. The lowest BCUT2D eigenvalue weighted by Crippen LogP contribution is -2.26. The van der Waals surface area contributed by atoms with Crippen LogP contribution in [-0.4, -0.2) is 30.4 Å². The lowest BCUT2D eigenvalue weighted by Gasteiger charge is -2.13. The maximum absolute atomic E-state index is 11.3. The average Bonchev–Trinajstić information content (AvgIpc) is 2.93. The molecule has 0 saturated heterocycles. The molecule has 0 aromatic heterocycles. The largest absolute Gasteiger partial charge is 0.490 e. The SMILES string of the molecule is CCO[C@@H](Cc1ccc(OCC=C(c2ccccc2)c2ccc(-c3ccccc3)cc2)cc1)C(=O)O. The molecule has 4 aromatic carbocycles. The van der Waals surface area contributed by atoms with E-state index in [9.17, 15) is 9.90 Å². The summed E-state index contributed by atoms with van der Waals surface area (Å²) in [4.78, 5) is 11.3. The first kappa shape index (κ1) is 25.0. The highest BCUT2D eigenvalue weighted by Gasteiger charge is 2.17. The van der Waals surface area contributed by atoms with Gasteiger partial charge in [0.25, 0.3) is 0 Å². The van der Waals surface area contributed by atoms with Gasteiger partial charge in [-0.1, -0.05) is 97.1 Å². The highest BCUT2D eigenvalue weighted by molar-refractivity contribution is 5.81. The fraction of sp³-hybridized carbons (Fsp3) is 0.156. The smallest absolute Gasteiger partial charge is 0.333 e. The van der Waals surface area contributed by atoms with Crippen LogP contribution in [0.3, 0.4) is 0 Å². The molecule has 0 unspecified atom stereocenters. The topological polar surface area (TPSA) is 55.8 Å². The van der Waals surface area contributed by atoms with Crippen molar-refractivity contribution in [3.05, 3.63) is 132 Å². The molecule has 0 heterocycles. The van der Waals surface area contributed by atoms with Gasteiger partial charge < -0.3 is 14.6 Å². The van der Waals surface area contributed by atoms with Gasteiger partial charge in [0, 0.05) is 13.0 Å². The Bertz CT molecular complexity index is 1260. The first-order valence-electron chi connectivity index (χ1n) is 12.1. The Kier molecular flexibility index (Phi) is 8.68. The summed E-state index contributed by atoms with van der Waals surface area (Å²) < 4.78 is 11.3. The van der Waals surface area contributed by atoms with Crippen molar-refractivity contribution in [2.75, 3.05) is 13.2 Å². The Hall–Kier alpha value is -4.15. The summed E-state index contributed by atoms with van der Waals surface area (Å²) >= 11 is 0.